The number of benzene rings is 2. The van der Waals surface area contributed by atoms with Gasteiger partial charge in [0, 0.05) is 22.6 Å². The van der Waals surface area contributed by atoms with Crippen LogP contribution in [-0.4, -0.2) is 31.7 Å². The molecule has 3 rings (SSSR count). The minimum atomic E-state index is -0.278. The number of carbonyl (C=O) groups is 1. The van der Waals surface area contributed by atoms with Crippen molar-refractivity contribution in [1.29, 1.82) is 0 Å². The molecule has 1 heterocycles. The van der Waals surface area contributed by atoms with Crippen LogP contribution in [0, 0.1) is 0 Å². The van der Waals surface area contributed by atoms with Crippen molar-refractivity contribution in [2.45, 2.75) is 6.92 Å². The van der Waals surface area contributed by atoms with Crippen LogP contribution in [0.25, 0.3) is 11.3 Å². The van der Waals surface area contributed by atoms with Crippen LogP contribution < -0.4 is 19.5 Å². The van der Waals surface area contributed by atoms with E-state index in [2.05, 4.69) is 10.3 Å². The van der Waals surface area contributed by atoms with E-state index in [9.17, 15) is 4.79 Å². The summed E-state index contributed by atoms with van der Waals surface area (Å²) < 4.78 is 15.9. The summed E-state index contributed by atoms with van der Waals surface area (Å²) in [5.74, 6) is 1.64. The number of rotatable bonds is 7. The number of hydrogen-bond acceptors (Lipinski definition) is 6. The summed E-state index contributed by atoms with van der Waals surface area (Å²) in [4.78, 5) is 17.0. The van der Waals surface area contributed by atoms with E-state index in [-0.39, 0.29) is 5.91 Å². The molecule has 0 spiro atoms. The van der Waals surface area contributed by atoms with Gasteiger partial charge in [-0.05, 0) is 43.3 Å². The Morgan fingerprint density at radius 3 is 2.30 bits per heavy atom. The number of nitrogens with zero attached hydrogens (tertiary/aromatic N) is 1. The fourth-order valence-electron chi connectivity index (χ4n) is 2.46. The van der Waals surface area contributed by atoms with Crippen molar-refractivity contribution in [1.82, 2.24) is 4.98 Å². The Balaban J connectivity index is 1.74. The van der Waals surface area contributed by atoms with Crippen LogP contribution in [0.5, 0.6) is 17.2 Å². The molecular formula is C20H20N2O4S. The van der Waals surface area contributed by atoms with Crippen LogP contribution in [0.2, 0.25) is 0 Å². The fourth-order valence-corrected chi connectivity index (χ4v) is 3.17. The Bertz CT molecular complexity index is 900. The molecule has 0 unspecified atom stereocenters. The first-order valence-electron chi connectivity index (χ1n) is 8.36. The third-order valence-electron chi connectivity index (χ3n) is 3.80. The van der Waals surface area contributed by atoms with E-state index in [0.29, 0.717) is 28.8 Å². The number of hydrogen-bond donors (Lipinski definition) is 1. The molecule has 0 fully saturated rings. The van der Waals surface area contributed by atoms with Crippen LogP contribution in [0.3, 0.4) is 0 Å². The summed E-state index contributed by atoms with van der Waals surface area (Å²) >= 11 is 1.36. The number of amides is 1. The van der Waals surface area contributed by atoms with Gasteiger partial charge in [0.1, 0.15) is 17.2 Å². The minimum Gasteiger partial charge on any atom is -0.497 e. The zero-order valence-electron chi connectivity index (χ0n) is 15.3. The SMILES string of the molecule is CCOc1ccc(-c2csc(NC(=O)c3cc(OC)cc(OC)c3)n2)cc1. The highest BCUT2D eigenvalue weighted by atomic mass is 32.1. The smallest absolute Gasteiger partial charge is 0.257 e. The second-order valence-corrected chi connectivity index (χ2v) is 6.41. The predicted octanol–water partition coefficient (Wildman–Crippen LogP) is 4.48. The molecule has 3 aromatic rings. The Kier molecular flexibility index (Phi) is 5.93. The van der Waals surface area contributed by atoms with Gasteiger partial charge in [-0.3, -0.25) is 10.1 Å². The van der Waals surface area contributed by atoms with E-state index in [1.807, 2.05) is 36.6 Å². The number of carbonyl (C=O) groups excluding carboxylic acids is 1. The Hall–Kier alpha value is -3.06. The molecule has 6 nitrogen and oxygen atoms in total. The van der Waals surface area contributed by atoms with Crippen molar-refractivity contribution in [2.24, 2.45) is 0 Å². The predicted molar refractivity (Wildman–Crippen MR) is 106 cm³/mol. The van der Waals surface area contributed by atoms with Gasteiger partial charge in [-0.15, -0.1) is 11.3 Å². The summed E-state index contributed by atoms with van der Waals surface area (Å²) in [5.41, 5.74) is 2.18. The molecule has 1 amide bonds. The van der Waals surface area contributed by atoms with Gasteiger partial charge >= 0.3 is 0 Å². The average Bonchev–Trinajstić information content (AvgIpc) is 3.16. The third-order valence-corrected chi connectivity index (χ3v) is 4.56. The molecule has 1 aromatic heterocycles. The molecular weight excluding hydrogens is 364 g/mol. The van der Waals surface area contributed by atoms with Gasteiger partial charge < -0.3 is 14.2 Å². The molecule has 7 heteroatoms. The average molecular weight is 384 g/mol. The summed E-state index contributed by atoms with van der Waals surface area (Å²) in [6.07, 6.45) is 0. The number of anilines is 1. The summed E-state index contributed by atoms with van der Waals surface area (Å²) in [7, 11) is 3.08. The molecule has 0 aliphatic carbocycles. The van der Waals surface area contributed by atoms with Gasteiger partial charge in [-0.25, -0.2) is 4.98 Å². The zero-order valence-corrected chi connectivity index (χ0v) is 16.1. The molecule has 140 valence electrons. The lowest BCUT2D eigenvalue weighted by Gasteiger charge is -2.08. The monoisotopic (exact) mass is 384 g/mol. The van der Waals surface area contributed by atoms with Crippen molar-refractivity contribution < 1.29 is 19.0 Å². The van der Waals surface area contributed by atoms with E-state index in [0.717, 1.165) is 17.0 Å². The lowest BCUT2D eigenvalue weighted by Crippen LogP contribution is -2.12. The van der Waals surface area contributed by atoms with E-state index < -0.39 is 0 Å². The van der Waals surface area contributed by atoms with Crippen LogP contribution in [0.4, 0.5) is 5.13 Å². The number of ether oxygens (including phenoxy) is 3. The van der Waals surface area contributed by atoms with Crippen LogP contribution in [0.15, 0.2) is 47.8 Å². The van der Waals surface area contributed by atoms with E-state index in [4.69, 9.17) is 14.2 Å². The van der Waals surface area contributed by atoms with Crippen molar-refractivity contribution in [3.8, 4) is 28.5 Å². The maximum atomic E-state index is 12.5. The first-order valence-corrected chi connectivity index (χ1v) is 9.24. The summed E-state index contributed by atoms with van der Waals surface area (Å²) in [5, 5.41) is 5.23. The van der Waals surface area contributed by atoms with Gasteiger partial charge in [-0.2, -0.15) is 0 Å². The van der Waals surface area contributed by atoms with Crippen molar-refractivity contribution >= 4 is 22.4 Å². The maximum Gasteiger partial charge on any atom is 0.257 e. The van der Waals surface area contributed by atoms with Gasteiger partial charge in [0.2, 0.25) is 0 Å². The molecule has 27 heavy (non-hydrogen) atoms. The topological polar surface area (TPSA) is 69.7 Å². The number of nitrogens with one attached hydrogen (secondary N) is 1. The van der Waals surface area contributed by atoms with Crippen molar-refractivity contribution in [2.75, 3.05) is 26.1 Å². The second-order valence-electron chi connectivity index (χ2n) is 5.55. The molecule has 0 bridgehead atoms. The number of aromatic nitrogens is 1. The second kappa shape index (κ2) is 8.55. The van der Waals surface area contributed by atoms with Crippen LogP contribution in [0.1, 0.15) is 17.3 Å². The molecule has 0 radical (unpaired) electrons. The molecule has 0 aliphatic heterocycles. The van der Waals surface area contributed by atoms with Crippen LogP contribution in [-0.2, 0) is 0 Å². The largest absolute Gasteiger partial charge is 0.497 e. The standard InChI is InChI=1S/C20H20N2O4S/c1-4-26-15-7-5-13(6-8-15)18-12-27-20(21-18)22-19(23)14-9-16(24-2)11-17(10-14)25-3/h5-12H,4H2,1-3H3,(H,21,22,23). The highest BCUT2D eigenvalue weighted by molar-refractivity contribution is 7.14. The highest BCUT2D eigenvalue weighted by Gasteiger charge is 2.13. The van der Waals surface area contributed by atoms with Gasteiger partial charge in [0.25, 0.3) is 5.91 Å². The molecule has 0 saturated carbocycles. The fraction of sp³-hybridized carbons (Fsp3) is 0.200. The molecule has 0 saturated heterocycles. The van der Waals surface area contributed by atoms with Gasteiger partial charge in [0.05, 0.1) is 26.5 Å². The lowest BCUT2D eigenvalue weighted by molar-refractivity contribution is 0.102. The molecule has 0 aliphatic rings. The lowest BCUT2D eigenvalue weighted by atomic mass is 10.2. The van der Waals surface area contributed by atoms with Gasteiger partial charge in [0.15, 0.2) is 5.13 Å². The van der Waals surface area contributed by atoms with Crippen molar-refractivity contribution in [3.63, 3.8) is 0 Å². The Morgan fingerprint density at radius 2 is 1.70 bits per heavy atom. The van der Waals surface area contributed by atoms with E-state index in [1.54, 1.807) is 32.4 Å². The van der Waals surface area contributed by atoms with Gasteiger partial charge in [-0.1, -0.05) is 0 Å². The summed E-state index contributed by atoms with van der Waals surface area (Å²) in [6, 6.07) is 12.7. The Labute approximate surface area is 161 Å². The molecule has 0 atom stereocenters. The quantitative estimate of drug-likeness (QED) is 0.650. The number of thiazole rings is 1. The first kappa shape index (κ1) is 18.7. The summed E-state index contributed by atoms with van der Waals surface area (Å²) in [6.45, 7) is 2.57. The molecule has 1 N–H and O–H groups in total. The number of methoxy groups -OCH3 is 2. The van der Waals surface area contributed by atoms with Crippen LogP contribution >= 0.6 is 11.3 Å². The van der Waals surface area contributed by atoms with E-state index in [1.165, 1.54) is 11.3 Å². The normalized spacial score (nSPS) is 10.3. The molecule has 2 aromatic carbocycles. The highest BCUT2D eigenvalue weighted by Crippen LogP contribution is 2.28. The third kappa shape index (κ3) is 4.57. The maximum absolute atomic E-state index is 12.5. The van der Waals surface area contributed by atoms with Crippen molar-refractivity contribution in [3.05, 3.63) is 53.4 Å². The minimum absolute atomic E-state index is 0.278. The van der Waals surface area contributed by atoms with E-state index >= 15 is 0 Å². The zero-order chi connectivity index (χ0) is 19.2. The first-order chi connectivity index (χ1) is 13.1. The Morgan fingerprint density at radius 1 is 1.04 bits per heavy atom.